The molecule has 0 aromatic rings. The number of aliphatic carboxylic acids is 1. The average molecular weight is 272 g/mol. The summed E-state index contributed by atoms with van der Waals surface area (Å²) in [6.45, 7) is 3.72. The lowest BCUT2D eigenvalue weighted by molar-refractivity contribution is -0.142. The van der Waals surface area contributed by atoms with Crippen molar-refractivity contribution >= 4 is 17.8 Å². The van der Waals surface area contributed by atoms with Crippen molar-refractivity contribution in [3.8, 4) is 0 Å². The molecule has 2 unspecified atom stereocenters. The van der Waals surface area contributed by atoms with Crippen LogP contribution in [0.1, 0.15) is 26.7 Å². The molecule has 7 nitrogen and oxygen atoms in total. The molecule has 0 bridgehead atoms. The van der Waals surface area contributed by atoms with Crippen LogP contribution in [0.15, 0.2) is 0 Å². The monoisotopic (exact) mass is 272 g/mol. The molecule has 2 atom stereocenters. The number of rotatable bonds is 6. The third-order valence-corrected chi connectivity index (χ3v) is 3.18. The molecule has 0 aromatic carbocycles. The second-order valence-corrected chi connectivity index (χ2v) is 4.95. The van der Waals surface area contributed by atoms with Gasteiger partial charge in [-0.2, -0.15) is 0 Å². The molecule has 0 saturated carbocycles. The largest absolute Gasteiger partial charge is 0.480 e. The van der Waals surface area contributed by atoms with Crippen molar-refractivity contribution in [3.63, 3.8) is 0 Å². The third-order valence-electron chi connectivity index (χ3n) is 3.18. The Morgan fingerprint density at radius 2 is 2.11 bits per heavy atom. The van der Waals surface area contributed by atoms with Crippen LogP contribution in [0.25, 0.3) is 0 Å². The van der Waals surface area contributed by atoms with Crippen LogP contribution < -0.4 is 5.32 Å². The zero-order valence-electron chi connectivity index (χ0n) is 11.1. The summed E-state index contributed by atoms with van der Waals surface area (Å²) in [5.74, 6) is -2.25. The van der Waals surface area contributed by atoms with Crippen LogP contribution in [0.2, 0.25) is 0 Å². The Bertz CT molecular complexity index is 369. The summed E-state index contributed by atoms with van der Waals surface area (Å²) in [5.41, 5.74) is 0. The lowest BCUT2D eigenvalue weighted by Gasteiger charge is -2.21. The molecule has 0 aromatic heterocycles. The van der Waals surface area contributed by atoms with Crippen molar-refractivity contribution in [1.82, 2.24) is 10.2 Å². The van der Waals surface area contributed by atoms with Crippen LogP contribution in [0.3, 0.4) is 0 Å². The SMILES string of the molecule is CC(C)N1CC(C(=O)NC(CCO)C(=O)O)CC1=O. The first kappa shape index (κ1) is 15.4. The van der Waals surface area contributed by atoms with Gasteiger partial charge in [0, 0.05) is 32.0 Å². The van der Waals surface area contributed by atoms with Crippen molar-refractivity contribution in [3.05, 3.63) is 0 Å². The van der Waals surface area contributed by atoms with Crippen molar-refractivity contribution in [2.75, 3.05) is 13.2 Å². The number of hydrogen-bond donors (Lipinski definition) is 3. The molecule has 1 heterocycles. The first-order valence-corrected chi connectivity index (χ1v) is 6.30. The molecule has 0 aliphatic carbocycles. The van der Waals surface area contributed by atoms with E-state index in [1.807, 2.05) is 13.8 Å². The molecule has 2 amide bonds. The Balaban J connectivity index is 2.59. The van der Waals surface area contributed by atoms with E-state index in [2.05, 4.69) is 5.32 Å². The molecule has 1 aliphatic rings. The maximum atomic E-state index is 11.9. The second-order valence-electron chi connectivity index (χ2n) is 4.95. The Morgan fingerprint density at radius 3 is 2.53 bits per heavy atom. The normalized spacial score (nSPS) is 20.7. The summed E-state index contributed by atoms with van der Waals surface area (Å²) in [5, 5.41) is 20.0. The van der Waals surface area contributed by atoms with Crippen LogP contribution in [-0.2, 0) is 14.4 Å². The molecule has 1 saturated heterocycles. The Morgan fingerprint density at radius 1 is 1.47 bits per heavy atom. The van der Waals surface area contributed by atoms with Crippen molar-refractivity contribution in [2.24, 2.45) is 5.92 Å². The minimum absolute atomic E-state index is 0.0259. The van der Waals surface area contributed by atoms with E-state index in [0.717, 1.165) is 0 Å². The number of nitrogens with one attached hydrogen (secondary N) is 1. The summed E-state index contributed by atoms with van der Waals surface area (Å²) in [6, 6.07) is -1.08. The van der Waals surface area contributed by atoms with E-state index in [4.69, 9.17) is 10.2 Å². The highest BCUT2D eigenvalue weighted by atomic mass is 16.4. The van der Waals surface area contributed by atoms with Crippen molar-refractivity contribution < 1.29 is 24.6 Å². The molecule has 108 valence electrons. The van der Waals surface area contributed by atoms with Crippen molar-refractivity contribution in [2.45, 2.75) is 38.8 Å². The molecule has 19 heavy (non-hydrogen) atoms. The predicted molar refractivity (Wildman–Crippen MR) is 66.2 cm³/mol. The van der Waals surface area contributed by atoms with E-state index in [1.165, 1.54) is 0 Å². The number of aliphatic hydroxyl groups excluding tert-OH is 1. The highest BCUT2D eigenvalue weighted by molar-refractivity contribution is 5.91. The van der Waals surface area contributed by atoms with Crippen LogP contribution in [0.4, 0.5) is 0 Å². The minimum atomic E-state index is -1.19. The summed E-state index contributed by atoms with van der Waals surface area (Å²) in [7, 11) is 0. The first-order chi connectivity index (χ1) is 8.86. The molecular weight excluding hydrogens is 252 g/mol. The Hall–Kier alpha value is -1.63. The summed E-state index contributed by atoms with van der Waals surface area (Å²) in [4.78, 5) is 36.1. The molecule has 1 aliphatic heterocycles. The number of aliphatic hydroxyl groups is 1. The van der Waals surface area contributed by atoms with Crippen LogP contribution in [0, 0.1) is 5.92 Å². The summed E-state index contributed by atoms with van der Waals surface area (Å²) < 4.78 is 0. The fraction of sp³-hybridized carbons (Fsp3) is 0.750. The van der Waals surface area contributed by atoms with Crippen LogP contribution >= 0.6 is 0 Å². The minimum Gasteiger partial charge on any atom is -0.480 e. The number of likely N-dealkylation sites (tertiary alicyclic amines) is 1. The van der Waals surface area contributed by atoms with E-state index < -0.39 is 23.8 Å². The van der Waals surface area contributed by atoms with Gasteiger partial charge in [0.15, 0.2) is 0 Å². The van der Waals surface area contributed by atoms with Gasteiger partial charge in [0.1, 0.15) is 6.04 Å². The number of carboxylic acids is 1. The van der Waals surface area contributed by atoms with E-state index in [0.29, 0.717) is 6.54 Å². The highest BCUT2D eigenvalue weighted by Gasteiger charge is 2.36. The number of hydrogen-bond acceptors (Lipinski definition) is 4. The lowest BCUT2D eigenvalue weighted by atomic mass is 10.1. The van der Waals surface area contributed by atoms with Gasteiger partial charge in [0.25, 0.3) is 0 Å². The number of nitrogens with zero attached hydrogens (tertiary/aromatic N) is 1. The lowest BCUT2D eigenvalue weighted by Crippen LogP contribution is -2.44. The van der Waals surface area contributed by atoms with Gasteiger partial charge in [-0.25, -0.2) is 4.79 Å². The number of amides is 2. The Labute approximate surface area is 111 Å². The zero-order chi connectivity index (χ0) is 14.6. The van der Waals surface area contributed by atoms with Gasteiger partial charge in [0.2, 0.25) is 11.8 Å². The van der Waals surface area contributed by atoms with E-state index >= 15 is 0 Å². The maximum absolute atomic E-state index is 11.9. The number of carbonyl (C=O) groups excluding carboxylic acids is 2. The van der Waals surface area contributed by atoms with Crippen molar-refractivity contribution in [1.29, 1.82) is 0 Å². The molecule has 0 spiro atoms. The Kier molecular flexibility index (Phi) is 5.29. The number of carboxylic acid groups (broad SMARTS) is 1. The van der Waals surface area contributed by atoms with E-state index in [-0.39, 0.29) is 31.4 Å². The molecule has 0 radical (unpaired) electrons. The molecule has 1 fully saturated rings. The van der Waals surface area contributed by atoms with Crippen LogP contribution in [0.5, 0.6) is 0 Å². The molecule has 3 N–H and O–H groups in total. The maximum Gasteiger partial charge on any atom is 0.326 e. The van der Waals surface area contributed by atoms with Crippen LogP contribution in [-0.4, -0.2) is 58.1 Å². The standard InChI is InChI=1S/C12H20N2O5/c1-7(2)14-6-8(5-10(14)16)11(17)13-9(3-4-15)12(18)19/h7-9,15H,3-6H2,1-2H3,(H,13,17)(H,18,19). The van der Waals surface area contributed by atoms with Gasteiger partial charge in [0.05, 0.1) is 5.92 Å². The smallest absolute Gasteiger partial charge is 0.326 e. The van der Waals surface area contributed by atoms with Gasteiger partial charge in [-0.15, -0.1) is 0 Å². The average Bonchev–Trinajstić information content (AvgIpc) is 2.70. The predicted octanol–water partition coefficient (Wildman–Crippen LogP) is -0.805. The first-order valence-electron chi connectivity index (χ1n) is 6.30. The zero-order valence-corrected chi connectivity index (χ0v) is 11.1. The van der Waals surface area contributed by atoms with Gasteiger partial charge in [-0.3, -0.25) is 9.59 Å². The van der Waals surface area contributed by atoms with Gasteiger partial charge in [-0.05, 0) is 13.8 Å². The summed E-state index contributed by atoms with van der Waals surface area (Å²) in [6.07, 6.45) is 0.0606. The summed E-state index contributed by atoms with van der Waals surface area (Å²) >= 11 is 0. The molecule has 1 rings (SSSR count). The topological polar surface area (TPSA) is 107 Å². The molecule has 7 heteroatoms. The fourth-order valence-electron chi connectivity index (χ4n) is 2.08. The van der Waals surface area contributed by atoms with Gasteiger partial charge in [-0.1, -0.05) is 0 Å². The third kappa shape index (κ3) is 3.92. The quantitative estimate of drug-likeness (QED) is 0.586. The molecular formula is C12H20N2O5. The van der Waals surface area contributed by atoms with Gasteiger partial charge < -0.3 is 20.4 Å². The second kappa shape index (κ2) is 6.51. The van der Waals surface area contributed by atoms with E-state index in [1.54, 1.807) is 4.90 Å². The van der Waals surface area contributed by atoms with E-state index in [9.17, 15) is 14.4 Å². The fourth-order valence-corrected chi connectivity index (χ4v) is 2.08. The highest BCUT2D eigenvalue weighted by Crippen LogP contribution is 2.20. The number of carbonyl (C=O) groups is 3. The van der Waals surface area contributed by atoms with Gasteiger partial charge >= 0.3 is 5.97 Å².